The van der Waals surface area contributed by atoms with Gasteiger partial charge in [0.2, 0.25) is 0 Å². The maximum atomic E-state index is 6.19. The Morgan fingerprint density at radius 2 is 1.81 bits per heavy atom. The Bertz CT molecular complexity index is 590. The molecule has 0 aliphatic rings. The summed E-state index contributed by atoms with van der Waals surface area (Å²) in [5, 5.41) is 0. The maximum Gasteiger partial charge on any atom is 0.130 e. The van der Waals surface area contributed by atoms with Crippen molar-refractivity contribution in [2.45, 2.75) is 39.5 Å². The molecule has 0 aliphatic carbocycles. The molecule has 0 saturated carbocycles. The summed E-state index contributed by atoms with van der Waals surface area (Å²) in [6, 6.07) is 14.7. The third-order valence-electron chi connectivity index (χ3n) is 3.72. The van der Waals surface area contributed by atoms with Gasteiger partial charge in [-0.1, -0.05) is 44.2 Å². The molecule has 0 radical (unpaired) electrons. The minimum atomic E-state index is 0.500. The zero-order chi connectivity index (χ0) is 15.2. The standard InChI is InChI=1S/C19H25NO/c1-14(2)17-11-10-15(3)19(13-17)21-18-9-5-4-7-16(18)8-6-12-20/h4-5,7,9-11,13-14H,6,8,12,20H2,1-3H3. The van der Waals surface area contributed by atoms with Crippen LogP contribution in [0.25, 0.3) is 0 Å². The summed E-state index contributed by atoms with van der Waals surface area (Å²) < 4.78 is 6.19. The van der Waals surface area contributed by atoms with Crippen LogP contribution in [0.5, 0.6) is 11.5 Å². The Morgan fingerprint density at radius 3 is 2.52 bits per heavy atom. The molecule has 0 heterocycles. The van der Waals surface area contributed by atoms with Gasteiger partial charge in [-0.25, -0.2) is 0 Å². The van der Waals surface area contributed by atoms with Crippen LogP contribution in [-0.4, -0.2) is 6.54 Å². The zero-order valence-electron chi connectivity index (χ0n) is 13.2. The second kappa shape index (κ2) is 7.28. The molecule has 0 aromatic heterocycles. The van der Waals surface area contributed by atoms with Gasteiger partial charge in [0.15, 0.2) is 0 Å². The van der Waals surface area contributed by atoms with E-state index < -0.39 is 0 Å². The molecule has 0 fully saturated rings. The van der Waals surface area contributed by atoms with E-state index in [1.54, 1.807) is 0 Å². The summed E-state index contributed by atoms with van der Waals surface area (Å²) in [6.45, 7) is 7.19. The van der Waals surface area contributed by atoms with Crippen molar-refractivity contribution in [3.63, 3.8) is 0 Å². The van der Waals surface area contributed by atoms with E-state index in [4.69, 9.17) is 10.5 Å². The molecule has 0 atom stereocenters. The van der Waals surface area contributed by atoms with Crippen LogP contribution in [0.15, 0.2) is 42.5 Å². The van der Waals surface area contributed by atoms with Crippen molar-refractivity contribution in [3.05, 3.63) is 59.2 Å². The number of aryl methyl sites for hydroxylation is 2. The first-order chi connectivity index (χ1) is 10.1. The van der Waals surface area contributed by atoms with Crippen molar-refractivity contribution < 1.29 is 4.74 Å². The third kappa shape index (κ3) is 4.08. The molecule has 2 N–H and O–H groups in total. The predicted molar refractivity (Wildman–Crippen MR) is 89.2 cm³/mol. The molecule has 0 amide bonds. The van der Waals surface area contributed by atoms with Gasteiger partial charge in [0.1, 0.15) is 11.5 Å². The van der Waals surface area contributed by atoms with Gasteiger partial charge < -0.3 is 10.5 Å². The van der Waals surface area contributed by atoms with Gasteiger partial charge in [-0.15, -0.1) is 0 Å². The van der Waals surface area contributed by atoms with Gasteiger partial charge in [0, 0.05) is 0 Å². The first-order valence-electron chi connectivity index (χ1n) is 7.68. The minimum absolute atomic E-state index is 0.500. The second-order valence-corrected chi connectivity index (χ2v) is 5.78. The molecule has 2 nitrogen and oxygen atoms in total. The summed E-state index contributed by atoms with van der Waals surface area (Å²) in [5.74, 6) is 2.39. The largest absolute Gasteiger partial charge is 0.457 e. The summed E-state index contributed by atoms with van der Waals surface area (Å²) in [7, 11) is 0. The number of hydrogen-bond acceptors (Lipinski definition) is 2. The quantitative estimate of drug-likeness (QED) is 0.826. The Labute approximate surface area is 127 Å². The van der Waals surface area contributed by atoms with Crippen molar-refractivity contribution in [1.29, 1.82) is 0 Å². The Balaban J connectivity index is 2.27. The van der Waals surface area contributed by atoms with Crippen molar-refractivity contribution in [2.75, 3.05) is 6.54 Å². The molecule has 2 aromatic rings. The van der Waals surface area contributed by atoms with Crippen molar-refractivity contribution in [3.8, 4) is 11.5 Å². The average Bonchev–Trinajstić information content (AvgIpc) is 2.48. The Morgan fingerprint density at radius 1 is 1.05 bits per heavy atom. The van der Waals surface area contributed by atoms with E-state index in [0.717, 1.165) is 29.9 Å². The van der Waals surface area contributed by atoms with Gasteiger partial charge in [-0.3, -0.25) is 0 Å². The smallest absolute Gasteiger partial charge is 0.130 e. The molecule has 0 saturated heterocycles. The molecule has 0 aliphatic heterocycles. The Hall–Kier alpha value is -1.80. The lowest BCUT2D eigenvalue weighted by Gasteiger charge is -2.15. The molecule has 2 heteroatoms. The van der Waals surface area contributed by atoms with Crippen LogP contribution in [0, 0.1) is 6.92 Å². The van der Waals surface area contributed by atoms with Gasteiger partial charge in [-0.05, 0) is 61.1 Å². The van der Waals surface area contributed by atoms with Crippen LogP contribution in [0.4, 0.5) is 0 Å². The highest BCUT2D eigenvalue weighted by atomic mass is 16.5. The molecule has 2 rings (SSSR count). The van der Waals surface area contributed by atoms with Crippen molar-refractivity contribution >= 4 is 0 Å². The number of benzene rings is 2. The maximum absolute atomic E-state index is 6.19. The minimum Gasteiger partial charge on any atom is -0.457 e. The van der Waals surface area contributed by atoms with Gasteiger partial charge in [-0.2, -0.15) is 0 Å². The van der Waals surface area contributed by atoms with Crippen LogP contribution < -0.4 is 10.5 Å². The molecular weight excluding hydrogens is 258 g/mol. The lowest BCUT2D eigenvalue weighted by Crippen LogP contribution is -2.01. The van der Waals surface area contributed by atoms with Crippen LogP contribution in [0.3, 0.4) is 0 Å². The zero-order valence-corrected chi connectivity index (χ0v) is 13.2. The lowest BCUT2D eigenvalue weighted by atomic mass is 10.0. The highest BCUT2D eigenvalue weighted by Crippen LogP contribution is 2.31. The molecule has 0 unspecified atom stereocenters. The van der Waals surface area contributed by atoms with E-state index in [1.807, 2.05) is 12.1 Å². The average molecular weight is 283 g/mol. The third-order valence-corrected chi connectivity index (χ3v) is 3.72. The Kier molecular flexibility index (Phi) is 5.40. The molecule has 0 bridgehead atoms. The van der Waals surface area contributed by atoms with Gasteiger partial charge >= 0.3 is 0 Å². The fourth-order valence-corrected chi connectivity index (χ4v) is 2.31. The van der Waals surface area contributed by atoms with E-state index >= 15 is 0 Å². The monoisotopic (exact) mass is 283 g/mol. The second-order valence-electron chi connectivity index (χ2n) is 5.78. The number of hydrogen-bond donors (Lipinski definition) is 1. The van der Waals surface area contributed by atoms with E-state index in [-0.39, 0.29) is 0 Å². The summed E-state index contributed by atoms with van der Waals surface area (Å²) in [4.78, 5) is 0. The van der Waals surface area contributed by atoms with E-state index in [0.29, 0.717) is 12.5 Å². The van der Waals surface area contributed by atoms with Crippen LogP contribution in [-0.2, 0) is 6.42 Å². The lowest BCUT2D eigenvalue weighted by molar-refractivity contribution is 0.470. The number of para-hydroxylation sites is 1. The first-order valence-corrected chi connectivity index (χ1v) is 7.68. The van der Waals surface area contributed by atoms with Gasteiger partial charge in [0.05, 0.1) is 0 Å². The van der Waals surface area contributed by atoms with Gasteiger partial charge in [0.25, 0.3) is 0 Å². The molecule has 2 aromatic carbocycles. The summed E-state index contributed by atoms with van der Waals surface area (Å²) in [6.07, 6.45) is 1.93. The van der Waals surface area contributed by atoms with Crippen LogP contribution in [0.2, 0.25) is 0 Å². The first kappa shape index (κ1) is 15.6. The normalized spacial score (nSPS) is 10.9. The number of nitrogens with two attached hydrogens (primary N) is 1. The molecular formula is C19H25NO. The van der Waals surface area contributed by atoms with Crippen molar-refractivity contribution in [2.24, 2.45) is 5.73 Å². The molecule has 0 spiro atoms. The topological polar surface area (TPSA) is 35.2 Å². The summed E-state index contributed by atoms with van der Waals surface area (Å²) in [5.41, 5.74) is 9.30. The van der Waals surface area contributed by atoms with E-state index in [1.165, 1.54) is 11.1 Å². The molecule has 112 valence electrons. The van der Waals surface area contributed by atoms with E-state index in [9.17, 15) is 0 Å². The molecule has 21 heavy (non-hydrogen) atoms. The fourth-order valence-electron chi connectivity index (χ4n) is 2.31. The number of ether oxygens (including phenoxy) is 1. The predicted octanol–water partition coefficient (Wildman–Crippen LogP) is 4.80. The van der Waals surface area contributed by atoms with Crippen LogP contribution in [0.1, 0.15) is 42.9 Å². The highest BCUT2D eigenvalue weighted by Gasteiger charge is 2.08. The highest BCUT2D eigenvalue weighted by molar-refractivity contribution is 5.43. The number of rotatable bonds is 6. The van der Waals surface area contributed by atoms with Crippen LogP contribution >= 0.6 is 0 Å². The van der Waals surface area contributed by atoms with Crippen molar-refractivity contribution in [1.82, 2.24) is 0 Å². The fraction of sp³-hybridized carbons (Fsp3) is 0.368. The SMILES string of the molecule is Cc1ccc(C(C)C)cc1Oc1ccccc1CCCN. The summed E-state index contributed by atoms with van der Waals surface area (Å²) >= 11 is 0. The van der Waals surface area contributed by atoms with E-state index in [2.05, 4.69) is 51.1 Å².